The molecule has 6 aromatic rings. The molecule has 0 N–H and O–H groups in total. The topological polar surface area (TPSA) is 16.4 Å². The van der Waals surface area contributed by atoms with Crippen LogP contribution in [0.1, 0.15) is 11.1 Å². The summed E-state index contributed by atoms with van der Waals surface area (Å²) in [6, 6.07) is 40.8. The summed E-state index contributed by atoms with van der Waals surface area (Å²) in [6.07, 6.45) is 0. The minimum atomic E-state index is 0.919. The van der Waals surface area contributed by atoms with E-state index in [1.165, 1.54) is 22.3 Å². The summed E-state index contributed by atoms with van der Waals surface area (Å²) in [5, 5.41) is 2.30. The molecule has 0 atom stereocenters. The Bertz CT molecular complexity index is 1560. The van der Waals surface area contributed by atoms with Crippen molar-refractivity contribution < 1.29 is 4.42 Å². The van der Waals surface area contributed by atoms with E-state index in [1.807, 2.05) is 12.1 Å². The van der Waals surface area contributed by atoms with E-state index in [0.717, 1.165) is 39.0 Å². The molecule has 1 heterocycles. The molecule has 0 aliphatic carbocycles. The second-order valence-corrected chi connectivity index (χ2v) is 8.87. The highest BCUT2D eigenvalue weighted by atomic mass is 16.3. The molecule has 2 heteroatoms. The number of fused-ring (bicyclic) bond motifs is 3. The van der Waals surface area contributed by atoms with Gasteiger partial charge in [0.1, 0.15) is 11.2 Å². The van der Waals surface area contributed by atoms with E-state index in [1.54, 1.807) is 0 Å². The third-order valence-corrected chi connectivity index (χ3v) is 6.40. The zero-order valence-corrected chi connectivity index (χ0v) is 19.3. The summed E-state index contributed by atoms with van der Waals surface area (Å²) in [7, 11) is 0. The van der Waals surface area contributed by atoms with Crippen molar-refractivity contribution in [3.8, 4) is 11.1 Å². The molecular weight excluding hydrogens is 414 g/mol. The average molecular weight is 440 g/mol. The van der Waals surface area contributed by atoms with Gasteiger partial charge in [-0.3, -0.25) is 0 Å². The SMILES string of the molecule is Cc1ccc(N(c2ccc(C)cc2)c2cccc(-c3ccc4oc5ccccc5c4c3)c2)cc1. The molecule has 0 aliphatic rings. The summed E-state index contributed by atoms with van der Waals surface area (Å²) in [5.74, 6) is 0. The van der Waals surface area contributed by atoms with Crippen LogP contribution >= 0.6 is 0 Å². The van der Waals surface area contributed by atoms with Crippen LogP contribution in [-0.2, 0) is 0 Å². The molecule has 0 aliphatic heterocycles. The molecule has 0 saturated carbocycles. The predicted octanol–water partition coefficient (Wildman–Crippen LogP) is 9.34. The molecule has 0 fully saturated rings. The van der Waals surface area contributed by atoms with E-state index in [2.05, 4.69) is 122 Å². The molecule has 0 amide bonds. The van der Waals surface area contributed by atoms with Crippen LogP contribution < -0.4 is 4.90 Å². The maximum absolute atomic E-state index is 6.03. The van der Waals surface area contributed by atoms with Crippen molar-refractivity contribution in [1.29, 1.82) is 0 Å². The molecule has 5 aromatic carbocycles. The Morgan fingerprint density at radius 1 is 0.471 bits per heavy atom. The molecule has 0 saturated heterocycles. The van der Waals surface area contributed by atoms with Gasteiger partial charge in [-0.05, 0) is 79.6 Å². The van der Waals surface area contributed by atoms with Crippen LogP contribution in [-0.4, -0.2) is 0 Å². The lowest BCUT2D eigenvalue weighted by atomic mass is 10.0. The fourth-order valence-corrected chi connectivity index (χ4v) is 4.57. The van der Waals surface area contributed by atoms with Gasteiger partial charge in [0, 0.05) is 27.8 Å². The van der Waals surface area contributed by atoms with E-state index in [-0.39, 0.29) is 0 Å². The highest BCUT2D eigenvalue weighted by Crippen LogP contribution is 2.38. The first-order chi connectivity index (χ1) is 16.7. The van der Waals surface area contributed by atoms with E-state index in [4.69, 9.17) is 4.42 Å². The fraction of sp³-hybridized carbons (Fsp3) is 0.0625. The second kappa shape index (κ2) is 8.24. The molecule has 0 bridgehead atoms. The first-order valence-electron chi connectivity index (χ1n) is 11.6. The van der Waals surface area contributed by atoms with Gasteiger partial charge in [0.05, 0.1) is 0 Å². The summed E-state index contributed by atoms with van der Waals surface area (Å²) < 4.78 is 6.03. The van der Waals surface area contributed by atoms with Gasteiger partial charge in [-0.15, -0.1) is 0 Å². The first kappa shape index (κ1) is 20.3. The number of furan rings is 1. The van der Waals surface area contributed by atoms with Gasteiger partial charge >= 0.3 is 0 Å². The number of hydrogen-bond donors (Lipinski definition) is 0. The molecule has 34 heavy (non-hydrogen) atoms. The van der Waals surface area contributed by atoms with Gasteiger partial charge in [-0.2, -0.15) is 0 Å². The largest absolute Gasteiger partial charge is 0.456 e. The van der Waals surface area contributed by atoms with Crippen LogP contribution in [0.5, 0.6) is 0 Å². The Morgan fingerprint density at radius 2 is 1.09 bits per heavy atom. The van der Waals surface area contributed by atoms with Crippen molar-refractivity contribution in [3.05, 3.63) is 126 Å². The summed E-state index contributed by atoms with van der Waals surface area (Å²) in [5.41, 5.74) is 10.1. The molecule has 0 radical (unpaired) electrons. The lowest BCUT2D eigenvalue weighted by Gasteiger charge is -2.26. The van der Waals surface area contributed by atoms with Gasteiger partial charge in [-0.25, -0.2) is 0 Å². The molecule has 2 nitrogen and oxygen atoms in total. The van der Waals surface area contributed by atoms with E-state index >= 15 is 0 Å². The van der Waals surface area contributed by atoms with Gasteiger partial charge < -0.3 is 9.32 Å². The number of hydrogen-bond acceptors (Lipinski definition) is 2. The normalized spacial score (nSPS) is 11.2. The molecule has 164 valence electrons. The Kier molecular flexibility index (Phi) is 4.92. The number of anilines is 3. The lowest BCUT2D eigenvalue weighted by molar-refractivity contribution is 0.669. The van der Waals surface area contributed by atoms with Crippen molar-refractivity contribution in [2.24, 2.45) is 0 Å². The standard InChI is InChI=1S/C32H25NO/c1-22-10-15-26(16-11-22)33(27-17-12-23(2)13-18-27)28-7-5-6-24(20-28)25-14-19-32-30(21-25)29-8-3-4-9-31(29)34-32/h3-21H,1-2H3. The third kappa shape index (κ3) is 3.64. The minimum absolute atomic E-state index is 0.919. The van der Waals surface area contributed by atoms with Crippen molar-refractivity contribution in [1.82, 2.24) is 0 Å². The Balaban J connectivity index is 1.48. The zero-order valence-electron chi connectivity index (χ0n) is 19.3. The fourth-order valence-electron chi connectivity index (χ4n) is 4.57. The minimum Gasteiger partial charge on any atom is -0.456 e. The van der Waals surface area contributed by atoms with Crippen LogP contribution in [0.4, 0.5) is 17.1 Å². The lowest BCUT2D eigenvalue weighted by Crippen LogP contribution is -2.10. The number of aryl methyl sites for hydroxylation is 2. The Labute approximate surface area is 199 Å². The monoisotopic (exact) mass is 439 g/mol. The molecule has 1 aromatic heterocycles. The van der Waals surface area contributed by atoms with Gasteiger partial charge in [0.25, 0.3) is 0 Å². The van der Waals surface area contributed by atoms with Crippen LogP contribution in [0.25, 0.3) is 33.1 Å². The van der Waals surface area contributed by atoms with Gasteiger partial charge in [-0.1, -0.05) is 71.8 Å². The number of para-hydroxylation sites is 1. The summed E-state index contributed by atoms with van der Waals surface area (Å²) in [4.78, 5) is 2.31. The number of benzene rings is 5. The predicted molar refractivity (Wildman–Crippen MR) is 143 cm³/mol. The first-order valence-corrected chi connectivity index (χ1v) is 11.6. The van der Waals surface area contributed by atoms with Crippen LogP contribution in [0.3, 0.4) is 0 Å². The molecule has 0 spiro atoms. The maximum atomic E-state index is 6.03. The van der Waals surface area contributed by atoms with Crippen LogP contribution in [0, 0.1) is 13.8 Å². The molecule has 6 rings (SSSR count). The summed E-state index contributed by atoms with van der Waals surface area (Å²) >= 11 is 0. The zero-order chi connectivity index (χ0) is 23.1. The van der Waals surface area contributed by atoms with E-state index in [9.17, 15) is 0 Å². The Morgan fingerprint density at radius 3 is 1.79 bits per heavy atom. The van der Waals surface area contributed by atoms with Gasteiger partial charge in [0.15, 0.2) is 0 Å². The van der Waals surface area contributed by atoms with E-state index in [0.29, 0.717) is 0 Å². The highest BCUT2D eigenvalue weighted by Gasteiger charge is 2.14. The number of nitrogens with zero attached hydrogens (tertiary/aromatic N) is 1. The smallest absolute Gasteiger partial charge is 0.135 e. The van der Waals surface area contributed by atoms with Crippen molar-refractivity contribution in [3.63, 3.8) is 0 Å². The Hall–Kier alpha value is -4.30. The highest BCUT2D eigenvalue weighted by molar-refractivity contribution is 6.06. The van der Waals surface area contributed by atoms with Crippen molar-refractivity contribution >= 4 is 39.0 Å². The van der Waals surface area contributed by atoms with Crippen LogP contribution in [0.2, 0.25) is 0 Å². The van der Waals surface area contributed by atoms with Crippen molar-refractivity contribution in [2.45, 2.75) is 13.8 Å². The van der Waals surface area contributed by atoms with E-state index < -0.39 is 0 Å². The maximum Gasteiger partial charge on any atom is 0.135 e. The second-order valence-electron chi connectivity index (χ2n) is 8.87. The van der Waals surface area contributed by atoms with Crippen LogP contribution in [0.15, 0.2) is 120 Å². The molecule has 0 unspecified atom stereocenters. The number of rotatable bonds is 4. The van der Waals surface area contributed by atoms with Gasteiger partial charge in [0.2, 0.25) is 0 Å². The third-order valence-electron chi connectivity index (χ3n) is 6.40. The average Bonchev–Trinajstić information content (AvgIpc) is 3.25. The quantitative estimate of drug-likeness (QED) is 0.272. The summed E-state index contributed by atoms with van der Waals surface area (Å²) in [6.45, 7) is 4.24. The molecular formula is C32H25NO. The van der Waals surface area contributed by atoms with Crippen molar-refractivity contribution in [2.75, 3.05) is 4.90 Å².